The summed E-state index contributed by atoms with van der Waals surface area (Å²) in [7, 11) is 18.6. The first-order chi connectivity index (χ1) is 21.1. The molecule has 0 aliphatic heterocycles. The van der Waals surface area contributed by atoms with Gasteiger partial charge in [0.25, 0.3) is 0 Å². The molecule has 1 aromatic heterocycles. The van der Waals surface area contributed by atoms with E-state index < -0.39 is 24.4 Å². The van der Waals surface area contributed by atoms with Gasteiger partial charge in [-0.05, 0) is 23.6 Å². The number of aliphatic hydroxyl groups excluding tert-OH is 5. The Morgan fingerprint density at radius 1 is 0.596 bits per heavy atom. The van der Waals surface area contributed by atoms with Crippen LogP contribution in [0, 0.1) is 42.7 Å². The van der Waals surface area contributed by atoms with Gasteiger partial charge >= 0.3 is 0 Å². The fourth-order valence-electron chi connectivity index (χ4n) is 2.70. The third-order valence-corrected chi connectivity index (χ3v) is 4.55. The van der Waals surface area contributed by atoms with Crippen molar-refractivity contribution < 1.29 is 63.4 Å². The number of pyridine rings is 1. The summed E-state index contributed by atoms with van der Waals surface area (Å²) in [6.45, 7) is 1.53. The van der Waals surface area contributed by atoms with Crippen molar-refractivity contribution >= 4 is 10.9 Å². The Kier molecular flexibility index (Phi) is 38.5. The maximum absolute atomic E-state index is 11.2. The molecular formula is C29H47NO14Rf3-6. The van der Waals surface area contributed by atoms with Crippen molar-refractivity contribution in [3.8, 4) is 5.75 Å². The fourth-order valence-corrected chi connectivity index (χ4v) is 2.70. The van der Waals surface area contributed by atoms with E-state index in [0.29, 0.717) is 11.3 Å². The van der Waals surface area contributed by atoms with Crippen LogP contribution >= 0.6 is 0 Å². The van der Waals surface area contributed by atoms with E-state index in [-0.39, 0.29) is 71.6 Å². The average Bonchev–Trinajstić information content (AvgIpc) is 2.98. The first kappa shape index (κ1) is 51.3. The molecule has 0 aliphatic rings. The van der Waals surface area contributed by atoms with Crippen LogP contribution in [0.2, 0.25) is 0 Å². The third-order valence-electron chi connectivity index (χ3n) is 4.55. The summed E-state index contributed by atoms with van der Waals surface area (Å²) in [6.07, 6.45) is -2.59. The van der Waals surface area contributed by atoms with Crippen LogP contribution < -0.4 is 10.3 Å². The minimum absolute atomic E-state index is 0. The van der Waals surface area contributed by atoms with Gasteiger partial charge in [0.2, 0.25) is 5.56 Å². The molecule has 0 bridgehead atoms. The number of aromatic amines is 1. The van der Waals surface area contributed by atoms with Crippen molar-refractivity contribution in [3.05, 3.63) is 83.3 Å². The number of aliphatic hydroxyl groups is 5. The summed E-state index contributed by atoms with van der Waals surface area (Å²) in [5.74, 6) is 0.576. The van der Waals surface area contributed by atoms with Gasteiger partial charge in [-0.2, -0.15) is 0 Å². The summed E-state index contributed by atoms with van der Waals surface area (Å²) in [5, 5.41) is 44.9. The van der Waals surface area contributed by atoms with Gasteiger partial charge in [0.1, 0.15) is 18.5 Å². The molecule has 6 N–H and O–H groups in total. The van der Waals surface area contributed by atoms with E-state index in [1.165, 1.54) is 6.07 Å². The summed E-state index contributed by atoms with van der Waals surface area (Å²) >= 11 is 0. The smallest absolute Gasteiger partial charge is 0.248 e. The Hall–Kier alpha value is -5.25. The molecule has 2 rings (SSSR count). The quantitative estimate of drug-likeness (QED) is 0.0820. The van der Waals surface area contributed by atoms with Crippen molar-refractivity contribution in [1.29, 1.82) is 0 Å². The van der Waals surface area contributed by atoms with Gasteiger partial charge in [-0.3, -0.25) is 4.79 Å². The summed E-state index contributed by atoms with van der Waals surface area (Å²) in [5.41, 5.74) is 0.535. The molecule has 0 saturated heterocycles. The van der Waals surface area contributed by atoms with Crippen molar-refractivity contribution in [2.75, 3.05) is 66.1 Å². The normalized spacial score (nSPS) is 11.3. The molecule has 1 heterocycles. The van der Waals surface area contributed by atoms with Crippen molar-refractivity contribution in [3.63, 3.8) is 0 Å². The molecule has 2 atom stereocenters. The number of rotatable bonds is 19. The van der Waals surface area contributed by atoms with Gasteiger partial charge in [-0.1, -0.05) is 0 Å². The van der Waals surface area contributed by atoms with Crippen molar-refractivity contribution in [1.82, 2.24) is 4.98 Å². The van der Waals surface area contributed by atoms with Crippen LogP contribution in [0.4, 0.5) is 0 Å². The number of benzene rings is 1. The molecule has 15 nitrogen and oxygen atoms in total. The van der Waals surface area contributed by atoms with Crippen LogP contribution in [0.15, 0.2) is 35.1 Å². The molecule has 0 saturated carbocycles. The molecule has 0 spiro atoms. The Morgan fingerprint density at radius 2 is 0.979 bits per heavy atom. The van der Waals surface area contributed by atoms with E-state index in [9.17, 15) is 9.90 Å². The SMILES string of the molecule is [CH2-]OCC(O)COCCO.[CH2-]OCC(O)CO[CH2-].[CH2-]OCC(O)CO[CH2-].[CH2-]OCC(O)COc1ccc2ccc(=O)[nH]c2c1.[Rf].[Rf].[Rf]. The number of nitrogens with one attached hydrogen (secondary N) is 1. The number of hydrogen-bond acceptors (Lipinski definition) is 14. The second-order valence-corrected chi connectivity index (χ2v) is 8.52. The number of fused-ring (bicyclic) bond motifs is 1. The van der Waals surface area contributed by atoms with E-state index in [1.807, 2.05) is 6.07 Å². The summed E-state index contributed by atoms with van der Waals surface area (Å²) < 4.78 is 36.5. The van der Waals surface area contributed by atoms with E-state index >= 15 is 0 Å². The number of hydrogen-bond donors (Lipinski definition) is 6. The molecule has 264 valence electrons. The predicted octanol–water partition coefficient (Wildman–Crippen LogP) is 0.168. The van der Waals surface area contributed by atoms with Crippen LogP contribution in [0.1, 0.15) is 0 Å². The van der Waals surface area contributed by atoms with Crippen LogP contribution in [0.25, 0.3) is 10.9 Å². The number of H-pyrrole nitrogens is 1. The first-order valence-corrected chi connectivity index (χ1v) is 13.0. The van der Waals surface area contributed by atoms with E-state index in [0.717, 1.165) is 5.39 Å². The van der Waals surface area contributed by atoms with Crippen molar-refractivity contribution in [2.24, 2.45) is 0 Å². The van der Waals surface area contributed by atoms with Crippen molar-refractivity contribution in [2.45, 2.75) is 24.4 Å². The minimum Gasteiger partial charge on any atom is -0.553 e. The molecule has 0 fully saturated rings. The zero-order chi connectivity index (χ0) is 33.6. The fraction of sp³-hybridized carbons (Fsp3) is 0.483. The van der Waals surface area contributed by atoms with Gasteiger partial charge in [-0.15, -0.1) is 0 Å². The van der Waals surface area contributed by atoms with Crippen LogP contribution in [0.3, 0.4) is 0 Å². The molecule has 1 aromatic carbocycles. The van der Waals surface area contributed by atoms with Gasteiger partial charge in [-0.25, -0.2) is 42.7 Å². The first-order valence-electron chi connectivity index (χ1n) is 13.0. The molecular weight excluding hydrogens is 1390 g/mol. The molecule has 2 unspecified atom stereocenters. The summed E-state index contributed by atoms with van der Waals surface area (Å²) in [4.78, 5) is 13.9. The third kappa shape index (κ3) is 30.6. The molecule has 0 aliphatic carbocycles. The molecule has 18 heteroatoms. The zero-order valence-electron chi connectivity index (χ0n) is 27.0. The molecule has 2 aromatic rings. The van der Waals surface area contributed by atoms with E-state index in [2.05, 4.69) is 76.1 Å². The van der Waals surface area contributed by atoms with E-state index in [4.69, 9.17) is 29.9 Å². The Bertz CT molecular complexity index is 938. The van der Waals surface area contributed by atoms with Crippen LogP contribution in [-0.4, -0.2) is 121 Å². The Morgan fingerprint density at radius 3 is 1.38 bits per heavy atom. The molecule has 47 heavy (non-hydrogen) atoms. The van der Waals surface area contributed by atoms with Crippen LogP contribution in [0.5, 0.6) is 5.75 Å². The standard InChI is InChI=1S/C13H14NO4.C6H13O4.2C5H10O3.3Rf/c1-17-7-10(15)8-18-11-4-2-9-3-5-13(16)14-12(9)6-11;1-9-4-6(8)5-10-3-2-7;2*1-7-3-5(6)4-8-2;;;/h2-6,10,15H,1,7-8H2,(H,14,16);6-8H,1-5H2;2*5-6H,1-4H2;;;/q2*-1;2*-2;;;. The second kappa shape index (κ2) is 35.2. The molecule has 0 radical (unpaired) electrons. The van der Waals surface area contributed by atoms with Gasteiger partial charge in [0, 0.05) is 51.8 Å². The van der Waals surface area contributed by atoms with Gasteiger partial charge in [0.15, 0.2) is 0 Å². The zero-order valence-corrected chi connectivity index (χ0v) is 46.2. The Labute approximate surface area is 259 Å². The monoisotopic (exact) mass is 1430 g/mol. The number of aromatic nitrogens is 1. The number of ether oxygens (including phenoxy) is 8. The predicted molar refractivity (Wildman–Crippen MR) is 160 cm³/mol. The maximum atomic E-state index is 11.2. The minimum atomic E-state index is -0.729. The molecule has 0 amide bonds. The van der Waals surface area contributed by atoms with Gasteiger partial charge < -0.3 is 68.4 Å². The summed E-state index contributed by atoms with van der Waals surface area (Å²) in [6, 6.07) is 8.54. The van der Waals surface area contributed by atoms with Gasteiger partial charge in [0.05, 0.1) is 43.6 Å². The topological polar surface area (TPSA) is 208 Å². The average molecular weight is 1430 g/mol. The Balaban J connectivity index is -0.000000176. The maximum Gasteiger partial charge on any atom is 0.248 e. The second-order valence-electron chi connectivity index (χ2n) is 8.52. The van der Waals surface area contributed by atoms with Crippen LogP contribution in [-0.2, 0) is 33.2 Å². The van der Waals surface area contributed by atoms with E-state index in [1.54, 1.807) is 18.2 Å². The largest absolute Gasteiger partial charge is 0.553 e.